The number of nitrogens with one attached hydrogen (secondary N) is 1. The molecular weight excluding hydrogens is 328 g/mol. The first-order valence-corrected chi connectivity index (χ1v) is 8.42. The van der Waals surface area contributed by atoms with E-state index in [1.54, 1.807) is 35.4 Å². The zero-order chi connectivity index (χ0) is 18.7. The van der Waals surface area contributed by atoms with Gasteiger partial charge in [-0.3, -0.25) is 14.4 Å². The molecule has 0 aliphatic carbocycles. The third-order valence-electron chi connectivity index (χ3n) is 4.42. The summed E-state index contributed by atoms with van der Waals surface area (Å²) in [4.78, 5) is 37.4. The van der Waals surface area contributed by atoms with Crippen LogP contribution in [0.5, 0.6) is 0 Å². The van der Waals surface area contributed by atoms with Crippen molar-refractivity contribution in [1.82, 2.24) is 4.90 Å². The average molecular weight is 348 g/mol. The first-order chi connectivity index (χ1) is 12.5. The van der Waals surface area contributed by atoms with Crippen LogP contribution in [0.25, 0.3) is 6.08 Å². The highest BCUT2D eigenvalue weighted by Gasteiger charge is 2.28. The molecule has 1 aliphatic heterocycles. The van der Waals surface area contributed by atoms with Crippen molar-refractivity contribution in [3.63, 3.8) is 0 Å². The fourth-order valence-electron chi connectivity index (χ4n) is 3.09. The van der Waals surface area contributed by atoms with Crippen molar-refractivity contribution in [3.05, 3.63) is 71.4 Å². The quantitative estimate of drug-likeness (QED) is 0.855. The normalized spacial score (nSPS) is 15.3. The second-order valence-electron chi connectivity index (χ2n) is 6.27. The minimum Gasteiger partial charge on any atom is -0.326 e. The highest BCUT2D eigenvalue weighted by molar-refractivity contribution is 5.96. The lowest BCUT2D eigenvalue weighted by atomic mass is 9.93. The maximum Gasteiger partial charge on any atom is 0.226 e. The van der Waals surface area contributed by atoms with Crippen LogP contribution in [0.2, 0.25) is 0 Å². The van der Waals surface area contributed by atoms with Gasteiger partial charge in [0.15, 0.2) is 5.78 Å². The Morgan fingerprint density at radius 1 is 1.00 bits per heavy atom. The van der Waals surface area contributed by atoms with Gasteiger partial charge in [0.1, 0.15) is 0 Å². The predicted octanol–water partition coefficient (Wildman–Crippen LogP) is 3.79. The summed E-state index contributed by atoms with van der Waals surface area (Å²) < 4.78 is 0. The Bertz CT molecular complexity index is 884. The minimum atomic E-state index is -0.342. The molecule has 0 radical (unpaired) electrons. The summed E-state index contributed by atoms with van der Waals surface area (Å²) in [5, 5.41) is 2.83. The summed E-state index contributed by atoms with van der Waals surface area (Å²) in [5.74, 6) is -0.327. The molecule has 0 unspecified atom stereocenters. The molecule has 0 fully saturated rings. The highest BCUT2D eigenvalue weighted by Crippen LogP contribution is 2.33. The lowest BCUT2D eigenvalue weighted by molar-refractivity contribution is -0.129. The van der Waals surface area contributed by atoms with Crippen LogP contribution in [0.3, 0.4) is 0 Å². The van der Waals surface area contributed by atoms with Crippen LogP contribution in [0.15, 0.2) is 54.7 Å². The highest BCUT2D eigenvalue weighted by atomic mass is 16.2. The van der Waals surface area contributed by atoms with Gasteiger partial charge in [-0.2, -0.15) is 0 Å². The van der Waals surface area contributed by atoms with Gasteiger partial charge in [-0.05, 0) is 48.4 Å². The molecule has 132 valence electrons. The number of hydrogen-bond donors (Lipinski definition) is 1. The molecule has 0 aromatic heterocycles. The number of Topliss-reactive ketones (excluding diaryl/α,β-unsaturated/α-hetero) is 1. The lowest BCUT2D eigenvalue weighted by Gasteiger charge is -2.32. The number of nitrogens with zero attached hydrogens (tertiary/aromatic N) is 1. The molecule has 3 rings (SSSR count). The van der Waals surface area contributed by atoms with Gasteiger partial charge < -0.3 is 10.2 Å². The number of anilines is 1. The van der Waals surface area contributed by atoms with Gasteiger partial charge >= 0.3 is 0 Å². The van der Waals surface area contributed by atoms with Crippen LogP contribution in [0.1, 0.15) is 47.8 Å². The van der Waals surface area contributed by atoms with Gasteiger partial charge in [-0.15, -0.1) is 0 Å². The first kappa shape index (κ1) is 17.6. The van der Waals surface area contributed by atoms with E-state index in [4.69, 9.17) is 0 Å². The van der Waals surface area contributed by atoms with Crippen molar-refractivity contribution >= 4 is 29.4 Å². The number of carbonyl (C=O) groups is 3. The van der Waals surface area contributed by atoms with Crippen molar-refractivity contribution in [2.45, 2.75) is 26.3 Å². The van der Waals surface area contributed by atoms with E-state index in [1.807, 2.05) is 30.3 Å². The molecular formula is C21H20N2O3. The Labute approximate surface area is 152 Å². The second-order valence-corrected chi connectivity index (χ2v) is 6.27. The third-order valence-corrected chi connectivity index (χ3v) is 4.42. The topological polar surface area (TPSA) is 66.5 Å². The van der Waals surface area contributed by atoms with Crippen LogP contribution in [-0.4, -0.2) is 22.5 Å². The molecule has 2 amide bonds. The number of carbonyl (C=O) groups excluding carboxylic acids is 3. The Morgan fingerprint density at radius 2 is 1.69 bits per heavy atom. The molecule has 2 aromatic carbocycles. The summed E-state index contributed by atoms with van der Waals surface area (Å²) in [7, 11) is 0. The molecule has 1 atom stereocenters. The van der Waals surface area contributed by atoms with Crippen molar-refractivity contribution in [1.29, 1.82) is 0 Å². The predicted molar refractivity (Wildman–Crippen MR) is 100 cm³/mol. The van der Waals surface area contributed by atoms with Gasteiger partial charge in [0.05, 0.1) is 12.5 Å². The SMILES string of the molecule is CC(=O)c1ccc(NC(=O)C[C@@H]2c3ccccc3C=CN2C(C)=O)cc1. The van der Waals surface area contributed by atoms with Crippen LogP contribution in [0.4, 0.5) is 5.69 Å². The smallest absolute Gasteiger partial charge is 0.226 e. The van der Waals surface area contributed by atoms with E-state index < -0.39 is 0 Å². The monoisotopic (exact) mass is 348 g/mol. The minimum absolute atomic E-state index is 0.0226. The van der Waals surface area contributed by atoms with E-state index in [2.05, 4.69) is 5.32 Å². The Kier molecular flexibility index (Phi) is 4.98. The van der Waals surface area contributed by atoms with Crippen molar-refractivity contribution in [2.24, 2.45) is 0 Å². The molecule has 0 saturated heterocycles. The molecule has 26 heavy (non-hydrogen) atoms. The molecule has 5 nitrogen and oxygen atoms in total. The fraction of sp³-hybridized carbons (Fsp3) is 0.190. The molecule has 0 saturated carbocycles. The molecule has 1 aliphatic rings. The van der Waals surface area contributed by atoms with Gasteiger partial charge in [-0.25, -0.2) is 0 Å². The van der Waals surface area contributed by atoms with Crippen molar-refractivity contribution in [3.8, 4) is 0 Å². The van der Waals surface area contributed by atoms with Crippen LogP contribution in [-0.2, 0) is 9.59 Å². The molecule has 5 heteroatoms. The molecule has 2 aromatic rings. The van der Waals surface area contributed by atoms with E-state index in [0.717, 1.165) is 11.1 Å². The number of rotatable bonds is 4. The number of benzene rings is 2. The van der Waals surface area contributed by atoms with Gasteiger partial charge in [-0.1, -0.05) is 24.3 Å². The standard InChI is InChI=1S/C21H20N2O3/c1-14(24)16-7-9-18(10-8-16)22-21(26)13-20-19-6-4-3-5-17(19)11-12-23(20)15(2)25/h3-12,20H,13H2,1-2H3,(H,22,26)/t20-/m1/s1. The van der Waals surface area contributed by atoms with E-state index in [9.17, 15) is 14.4 Å². The van der Waals surface area contributed by atoms with Crippen LogP contribution < -0.4 is 5.32 Å². The molecule has 0 spiro atoms. The van der Waals surface area contributed by atoms with Crippen molar-refractivity contribution in [2.75, 3.05) is 5.32 Å². The molecule has 0 bridgehead atoms. The van der Waals surface area contributed by atoms with E-state index >= 15 is 0 Å². The number of ketones is 1. The van der Waals surface area contributed by atoms with E-state index in [1.165, 1.54) is 13.8 Å². The lowest BCUT2D eigenvalue weighted by Crippen LogP contribution is -2.33. The Balaban J connectivity index is 1.77. The zero-order valence-electron chi connectivity index (χ0n) is 14.7. The Morgan fingerprint density at radius 3 is 2.35 bits per heavy atom. The van der Waals surface area contributed by atoms with Gasteiger partial charge in [0.2, 0.25) is 11.8 Å². The summed E-state index contributed by atoms with van der Waals surface area (Å²) in [6, 6.07) is 14.2. The third kappa shape index (κ3) is 3.72. The summed E-state index contributed by atoms with van der Waals surface area (Å²) in [5.41, 5.74) is 3.17. The van der Waals surface area contributed by atoms with Crippen molar-refractivity contribution < 1.29 is 14.4 Å². The largest absolute Gasteiger partial charge is 0.326 e. The maximum atomic E-state index is 12.5. The molecule has 1 N–H and O–H groups in total. The van der Waals surface area contributed by atoms with E-state index in [0.29, 0.717) is 11.3 Å². The maximum absolute atomic E-state index is 12.5. The summed E-state index contributed by atoms with van der Waals surface area (Å²) in [6.45, 7) is 2.99. The average Bonchev–Trinajstić information content (AvgIpc) is 2.62. The molecule has 1 heterocycles. The van der Waals surface area contributed by atoms with Crippen LogP contribution >= 0.6 is 0 Å². The zero-order valence-corrected chi connectivity index (χ0v) is 14.7. The van der Waals surface area contributed by atoms with Crippen LogP contribution in [0, 0.1) is 0 Å². The Hall–Kier alpha value is -3.21. The summed E-state index contributed by atoms with van der Waals surface area (Å²) in [6.07, 6.45) is 3.76. The first-order valence-electron chi connectivity index (χ1n) is 8.42. The number of hydrogen-bond acceptors (Lipinski definition) is 3. The number of fused-ring (bicyclic) bond motifs is 1. The second kappa shape index (κ2) is 7.35. The van der Waals surface area contributed by atoms with Gasteiger partial charge in [0, 0.05) is 24.4 Å². The summed E-state index contributed by atoms with van der Waals surface area (Å²) >= 11 is 0. The van der Waals surface area contributed by atoms with Gasteiger partial charge in [0.25, 0.3) is 0 Å². The fourth-order valence-corrected chi connectivity index (χ4v) is 3.09. The number of amides is 2. The van der Waals surface area contributed by atoms with E-state index in [-0.39, 0.29) is 30.1 Å².